The number of anilines is 1. The normalized spacial score (nSPS) is 15.4. The van der Waals surface area contributed by atoms with Crippen molar-refractivity contribution < 1.29 is 14.7 Å². The van der Waals surface area contributed by atoms with Crippen molar-refractivity contribution in [2.45, 2.75) is 25.3 Å². The van der Waals surface area contributed by atoms with Gasteiger partial charge in [0.15, 0.2) is 0 Å². The summed E-state index contributed by atoms with van der Waals surface area (Å²) in [5, 5.41) is 16.3. The number of hydrogen-bond acceptors (Lipinski definition) is 4. The Bertz CT molecular complexity index is 915. The molecule has 1 heterocycles. The topological polar surface area (TPSA) is 84.9 Å². The van der Waals surface area contributed by atoms with Gasteiger partial charge in [-0.05, 0) is 57.1 Å². The maximum absolute atomic E-state index is 12.9. The average Bonchev–Trinajstić information content (AvgIpc) is 2.76. The summed E-state index contributed by atoms with van der Waals surface area (Å²) in [7, 11) is 3.98. The largest absolute Gasteiger partial charge is 0.506 e. The summed E-state index contributed by atoms with van der Waals surface area (Å²) in [6, 6.07) is 14.5. The summed E-state index contributed by atoms with van der Waals surface area (Å²) < 4.78 is 0. The van der Waals surface area contributed by atoms with Crippen LogP contribution in [-0.4, -0.2) is 66.6 Å². The summed E-state index contributed by atoms with van der Waals surface area (Å²) in [5.41, 5.74) is 1.48. The van der Waals surface area contributed by atoms with E-state index in [2.05, 4.69) is 27.7 Å². The molecule has 7 nitrogen and oxygen atoms in total. The zero-order valence-corrected chi connectivity index (χ0v) is 19.3. The molecule has 0 aliphatic carbocycles. The minimum atomic E-state index is -0.223. The van der Waals surface area contributed by atoms with Gasteiger partial charge in [0.2, 0.25) is 5.91 Å². The van der Waals surface area contributed by atoms with Crippen LogP contribution in [0.25, 0.3) is 0 Å². The predicted molar refractivity (Wildman–Crippen MR) is 127 cm³/mol. The number of likely N-dealkylation sites (tertiary alicyclic amines) is 1. The van der Waals surface area contributed by atoms with Crippen molar-refractivity contribution in [3.63, 3.8) is 0 Å². The van der Waals surface area contributed by atoms with Crippen LogP contribution in [0.1, 0.15) is 18.4 Å². The van der Waals surface area contributed by atoms with E-state index >= 15 is 0 Å². The van der Waals surface area contributed by atoms with Gasteiger partial charge in [0, 0.05) is 36.6 Å². The van der Waals surface area contributed by atoms with Crippen LogP contribution in [-0.2, 0) is 11.2 Å². The first kappa shape index (κ1) is 23.9. The van der Waals surface area contributed by atoms with Crippen molar-refractivity contribution in [2.24, 2.45) is 5.92 Å². The summed E-state index contributed by atoms with van der Waals surface area (Å²) in [4.78, 5) is 29.3. The van der Waals surface area contributed by atoms with E-state index in [-0.39, 0.29) is 29.6 Å². The number of amides is 3. The Hall–Kier alpha value is -2.77. The molecule has 1 unspecified atom stereocenters. The third kappa shape index (κ3) is 6.87. The van der Waals surface area contributed by atoms with Crippen LogP contribution in [0.15, 0.2) is 48.5 Å². The van der Waals surface area contributed by atoms with E-state index in [1.807, 2.05) is 32.3 Å². The van der Waals surface area contributed by atoms with Crippen LogP contribution in [0, 0.1) is 5.92 Å². The quantitative estimate of drug-likeness (QED) is 0.554. The minimum absolute atomic E-state index is 0.00766. The number of likely N-dealkylation sites (N-methyl/N-ethyl adjacent to an activating group) is 1. The first-order chi connectivity index (χ1) is 15.3. The Morgan fingerprint density at radius 2 is 1.84 bits per heavy atom. The number of phenolic OH excluding ortho intramolecular Hbond substituents is 1. The second-order valence-electron chi connectivity index (χ2n) is 8.51. The Morgan fingerprint density at radius 1 is 1.16 bits per heavy atom. The van der Waals surface area contributed by atoms with E-state index in [1.54, 1.807) is 11.0 Å². The number of rotatable bonds is 7. The number of nitrogens with one attached hydrogen (secondary N) is 2. The van der Waals surface area contributed by atoms with Crippen molar-refractivity contribution in [3.05, 3.63) is 59.1 Å². The molecule has 0 aromatic heterocycles. The van der Waals surface area contributed by atoms with Crippen molar-refractivity contribution in [2.75, 3.05) is 39.0 Å². The number of carbonyl (C=O) groups excluding carboxylic acids is 2. The first-order valence-corrected chi connectivity index (χ1v) is 11.2. The van der Waals surface area contributed by atoms with E-state index in [0.29, 0.717) is 36.6 Å². The number of carbonyl (C=O) groups is 2. The molecule has 8 heteroatoms. The Kier molecular flexibility index (Phi) is 8.36. The van der Waals surface area contributed by atoms with E-state index in [0.717, 1.165) is 13.0 Å². The van der Waals surface area contributed by atoms with Gasteiger partial charge in [-0.25, -0.2) is 4.79 Å². The molecule has 0 radical (unpaired) electrons. The van der Waals surface area contributed by atoms with Gasteiger partial charge in [0.1, 0.15) is 5.75 Å². The van der Waals surface area contributed by atoms with Crippen molar-refractivity contribution in [3.8, 4) is 5.75 Å². The smallest absolute Gasteiger partial charge is 0.317 e. The molecule has 3 amide bonds. The number of aromatic hydroxyl groups is 1. The van der Waals surface area contributed by atoms with Gasteiger partial charge < -0.3 is 25.5 Å². The highest BCUT2D eigenvalue weighted by molar-refractivity contribution is 6.31. The first-order valence-electron chi connectivity index (χ1n) is 10.9. The van der Waals surface area contributed by atoms with Gasteiger partial charge in [0.05, 0.1) is 5.69 Å². The third-order valence-electron chi connectivity index (χ3n) is 5.61. The molecule has 1 atom stereocenters. The lowest BCUT2D eigenvalue weighted by molar-refractivity contribution is -0.121. The Morgan fingerprint density at radius 3 is 2.50 bits per heavy atom. The lowest BCUT2D eigenvalue weighted by Crippen LogP contribution is -2.51. The third-order valence-corrected chi connectivity index (χ3v) is 5.84. The molecule has 3 rings (SSSR count). The summed E-state index contributed by atoms with van der Waals surface area (Å²) in [5.74, 6) is -0.415. The van der Waals surface area contributed by atoms with Crippen LogP contribution >= 0.6 is 11.6 Å². The summed E-state index contributed by atoms with van der Waals surface area (Å²) in [6.45, 7) is 1.75. The number of phenols is 1. The van der Waals surface area contributed by atoms with Gasteiger partial charge in [-0.1, -0.05) is 41.9 Å². The van der Waals surface area contributed by atoms with Crippen molar-refractivity contribution in [1.82, 2.24) is 15.1 Å². The molecule has 172 valence electrons. The number of halogens is 1. The molecule has 3 N–H and O–H groups in total. The van der Waals surface area contributed by atoms with Crippen LogP contribution in [0.2, 0.25) is 5.02 Å². The van der Waals surface area contributed by atoms with E-state index in [1.165, 1.54) is 17.7 Å². The molecule has 0 saturated carbocycles. The highest BCUT2D eigenvalue weighted by Gasteiger charge is 2.28. The van der Waals surface area contributed by atoms with Crippen LogP contribution in [0.4, 0.5) is 10.5 Å². The molecule has 1 saturated heterocycles. The van der Waals surface area contributed by atoms with Gasteiger partial charge in [-0.2, -0.15) is 0 Å². The highest BCUT2D eigenvalue weighted by atomic mass is 35.5. The monoisotopic (exact) mass is 458 g/mol. The van der Waals surface area contributed by atoms with Gasteiger partial charge in [-0.15, -0.1) is 0 Å². The fourth-order valence-electron chi connectivity index (χ4n) is 3.95. The fourth-order valence-corrected chi connectivity index (χ4v) is 4.13. The zero-order valence-electron chi connectivity index (χ0n) is 18.6. The second-order valence-corrected chi connectivity index (χ2v) is 8.95. The number of urea groups is 1. The number of nitrogens with zero attached hydrogens (tertiary/aromatic N) is 2. The number of piperidine rings is 1. The molecule has 1 aliphatic heterocycles. The van der Waals surface area contributed by atoms with Crippen molar-refractivity contribution in [1.29, 1.82) is 0 Å². The standard InChI is InChI=1S/C24H31ClN4O3/c1-28(2)16-20(14-17-6-4-3-5-7-17)26-24(32)29-12-10-18(11-13-29)23(31)27-21-15-19(25)8-9-22(21)30/h3-9,15,18,20,30H,10-14,16H2,1-2H3,(H,26,32)(H,27,31). The minimum Gasteiger partial charge on any atom is -0.506 e. The van der Waals surface area contributed by atoms with Gasteiger partial charge >= 0.3 is 6.03 Å². The van der Waals surface area contributed by atoms with Crippen LogP contribution in [0.3, 0.4) is 0 Å². The molecule has 0 spiro atoms. The SMILES string of the molecule is CN(C)CC(Cc1ccccc1)NC(=O)N1CCC(C(=O)Nc2cc(Cl)ccc2O)CC1. The zero-order chi connectivity index (χ0) is 23.1. The second kappa shape index (κ2) is 11.2. The number of benzene rings is 2. The Labute approximate surface area is 194 Å². The maximum Gasteiger partial charge on any atom is 0.317 e. The van der Waals surface area contributed by atoms with E-state index < -0.39 is 0 Å². The molecule has 1 aliphatic rings. The van der Waals surface area contributed by atoms with E-state index in [9.17, 15) is 14.7 Å². The average molecular weight is 459 g/mol. The molecule has 1 fully saturated rings. The number of hydrogen-bond donors (Lipinski definition) is 3. The predicted octanol–water partition coefficient (Wildman–Crippen LogP) is 3.58. The highest BCUT2D eigenvalue weighted by Crippen LogP contribution is 2.28. The Balaban J connectivity index is 1.52. The molecular formula is C24H31ClN4O3. The van der Waals surface area contributed by atoms with Crippen LogP contribution in [0.5, 0.6) is 5.75 Å². The molecule has 2 aromatic rings. The molecular weight excluding hydrogens is 428 g/mol. The van der Waals surface area contributed by atoms with Gasteiger partial charge in [-0.3, -0.25) is 4.79 Å². The molecule has 0 bridgehead atoms. The lowest BCUT2D eigenvalue weighted by atomic mass is 9.96. The van der Waals surface area contributed by atoms with Gasteiger partial charge in [0.25, 0.3) is 0 Å². The lowest BCUT2D eigenvalue weighted by Gasteiger charge is -2.33. The summed E-state index contributed by atoms with van der Waals surface area (Å²) >= 11 is 5.95. The van der Waals surface area contributed by atoms with E-state index in [4.69, 9.17) is 11.6 Å². The fraction of sp³-hybridized carbons (Fsp3) is 0.417. The maximum atomic E-state index is 12.9. The molecule has 2 aromatic carbocycles. The summed E-state index contributed by atoms with van der Waals surface area (Å²) in [6.07, 6.45) is 1.89. The van der Waals surface area contributed by atoms with Crippen LogP contribution < -0.4 is 10.6 Å². The van der Waals surface area contributed by atoms with Crippen molar-refractivity contribution >= 4 is 29.2 Å². The molecule has 32 heavy (non-hydrogen) atoms.